The third-order valence-electron chi connectivity index (χ3n) is 3.63. The number of rotatable bonds is 4. The molecule has 2 aliphatic rings. The fraction of sp³-hybridized carbons (Fsp3) is 0.333. The van der Waals surface area contributed by atoms with Gasteiger partial charge in [-0.2, -0.15) is 5.06 Å². The predicted molar refractivity (Wildman–Crippen MR) is 73.7 cm³/mol. The van der Waals surface area contributed by atoms with E-state index >= 15 is 0 Å². The molecule has 0 N–H and O–H groups in total. The molecule has 21 heavy (non-hydrogen) atoms. The molecule has 1 saturated heterocycles. The molecule has 2 heterocycles. The van der Waals surface area contributed by atoms with Crippen molar-refractivity contribution in [1.29, 1.82) is 0 Å². The highest BCUT2D eigenvalue weighted by molar-refractivity contribution is 5.94. The van der Waals surface area contributed by atoms with Gasteiger partial charge in [-0.05, 0) is 12.0 Å². The Morgan fingerprint density at radius 2 is 2.10 bits per heavy atom. The number of carbonyl (C=O) groups excluding carboxylic acids is 2. The van der Waals surface area contributed by atoms with E-state index in [4.69, 9.17) is 9.57 Å². The van der Waals surface area contributed by atoms with Gasteiger partial charge in [-0.1, -0.05) is 36.4 Å². The van der Waals surface area contributed by atoms with Crippen LogP contribution in [0.25, 0.3) is 0 Å². The van der Waals surface area contributed by atoms with Crippen molar-refractivity contribution in [1.82, 2.24) is 9.96 Å². The fourth-order valence-electron chi connectivity index (χ4n) is 2.54. The van der Waals surface area contributed by atoms with Crippen LogP contribution in [0, 0.1) is 0 Å². The summed E-state index contributed by atoms with van der Waals surface area (Å²) in [5, 5.41) is 1.36. The van der Waals surface area contributed by atoms with Crippen molar-refractivity contribution in [3.8, 4) is 0 Å². The number of esters is 1. The van der Waals surface area contributed by atoms with E-state index < -0.39 is 5.97 Å². The maximum absolute atomic E-state index is 12.3. The van der Waals surface area contributed by atoms with E-state index in [0.717, 1.165) is 5.56 Å². The van der Waals surface area contributed by atoms with E-state index in [1.807, 2.05) is 30.3 Å². The fourth-order valence-corrected chi connectivity index (χ4v) is 2.54. The number of ether oxygens (including phenoxy) is 1. The zero-order chi connectivity index (χ0) is 14.8. The topological polar surface area (TPSA) is 59.1 Å². The molecule has 1 aromatic carbocycles. The SMILES string of the molecule is COC(=O)C1=CC[C@@H]2CN1C(=O)N2OCc1ccccc1. The van der Waals surface area contributed by atoms with E-state index in [9.17, 15) is 9.59 Å². The van der Waals surface area contributed by atoms with Gasteiger partial charge in [0.2, 0.25) is 0 Å². The molecule has 1 aromatic rings. The molecule has 2 bridgehead atoms. The quantitative estimate of drug-likeness (QED) is 0.791. The number of carbonyl (C=O) groups is 2. The minimum absolute atomic E-state index is 0.0605. The number of urea groups is 1. The lowest BCUT2D eigenvalue weighted by Crippen LogP contribution is -2.34. The Balaban J connectivity index is 1.68. The summed E-state index contributed by atoms with van der Waals surface area (Å²) in [6.07, 6.45) is 2.31. The van der Waals surface area contributed by atoms with Crippen molar-refractivity contribution in [2.75, 3.05) is 13.7 Å². The Hall–Kier alpha value is -2.34. The second-order valence-corrected chi connectivity index (χ2v) is 4.95. The lowest BCUT2D eigenvalue weighted by Gasteiger charge is -2.21. The number of nitrogens with zero attached hydrogens (tertiary/aromatic N) is 2. The Kier molecular flexibility index (Phi) is 3.62. The molecule has 0 aromatic heterocycles. The molecule has 6 nitrogen and oxygen atoms in total. The minimum Gasteiger partial charge on any atom is -0.464 e. The number of benzene rings is 1. The van der Waals surface area contributed by atoms with Crippen LogP contribution in [-0.2, 0) is 21.0 Å². The van der Waals surface area contributed by atoms with Crippen LogP contribution >= 0.6 is 0 Å². The third-order valence-corrected chi connectivity index (χ3v) is 3.63. The smallest absolute Gasteiger partial charge is 0.354 e. The highest BCUT2D eigenvalue weighted by Gasteiger charge is 2.44. The van der Waals surface area contributed by atoms with E-state index in [-0.39, 0.29) is 12.1 Å². The van der Waals surface area contributed by atoms with Crippen LogP contribution in [0.3, 0.4) is 0 Å². The van der Waals surface area contributed by atoms with Gasteiger partial charge < -0.3 is 4.74 Å². The summed E-state index contributed by atoms with van der Waals surface area (Å²) < 4.78 is 4.69. The number of methoxy groups -OCH3 is 1. The monoisotopic (exact) mass is 288 g/mol. The van der Waals surface area contributed by atoms with Crippen LogP contribution in [0.4, 0.5) is 4.79 Å². The minimum atomic E-state index is -0.494. The molecule has 2 aliphatic heterocycles. The van der Waals surface area contributed by atoms with Crippen LogP contribution in [0.2, 0.25) is 0 Å². The maximum atomic E-state index is 12.3. The first-order valence-corrected chi connectivity index (χ1v) is 6.76. The first kappa shape index (κ1) is 13.6. The largest absolute Gasteiger partial charge is 0.464 e. The zero-order valence-electron chi connectivity index (χ0n) is 11.7. The Morgan fingerprint density at radius 1 is 1.33 bits per heavy atom. The van der Waals surface area contributed by atoms with Gasteiger partial charge in [-0.15, -0.1) is 0 Å². The van der Waals surface area contributed by atoms with Crippen LogP contribution in [0.15, 0.2) is 42.1 Å². The summed E-state index contributed by atoms with van der Waals surface area (Å²) in [5.74, 6) is -0.494. The van der Waals surface area contributed by atoms with Gasteiger partial charge in [0.1, 0.15) is 12.3 Å². The molecule has 1 atom stereocenters. The van der Waals surface area contributed by atoms with Gasteiger partial charge in [-0.25, -0.2) is 9.59 Å². The van der Waals surface area contributed by atoms with Gasteiger partial charge in [0.25, 0.3) is 0 Å². The van der Waals surface area contributed by atoms with Crippen molar-refractivity contribution in [2.24, 2.45) is 0 Å². The second kappa shape index (κ2) is 5.57. The van der Waals surface area contributed by atoms with Crippen molar-refractivity contribution in [3.05, 3.63) is 47.7 Å². The molecule has 0 unspecified atom stereocenters. The van der Waals surface area contributed by atoms with Gasteiger partial charge in [0.05, 0.1) is 19.7 Å². The Labute approximate surface area is 122 Å². The molecule has 0 spiro atoms. The second-order valence-electron chi connectivity index (χ2n) is 4.95. The van der Waals surface area contributed by atoms with Crippen molar-refractivity contribution < 1.29 is 19.2 Å². The molecule has 0 aliphatic carbocycles. The summed E-state index contributed by atoms with van der Waals surface area (Å²) in [7, 11) is 1.31. The number of hydroxylamine groups is 2. The van der Waals surface area contributed by atoms with Gasteiger partial charge in [0.15, 0.2) is 0 Å². The number of hydrogen-bond acceptors (Lipinski definition) is 4. The number of amides is 2. The lowest BCUT2D eigenvalue weighted by molar-refractivity contribution is -0.139. The molecule has 110 valence electrons. The number of fused-ring (bicyclic) bond motifs is 2. The molecular weight excluding hydrogens is 272 g/mol. The summed E-state index contributed by atoms with van der Waals surface area (Å²) in [6.45, 7) is 0.777. The van der Waals surface area contributed by atoms with E-state index in [1.54, 1.807) is 6.08 Å². The highest BCUT2D eigenvalue weighted by atomic mass is 16.7. The zero-order valence-corrected chi connectivity index (χ0v) is 11.7. The van der Waals surface area contributed by atoms with Crippen LogP contribution in [-0.4, -0.2) is 41.7 Å². The summed E-state index contributed by atoms with van der Waals surface area (Å²) in [5.41, 5.74) is 1.28. The standard InChI is InChI=1S/C15H16N2O4/c1-20-14(18)13-8-7-12-9-16(13)15(19)17(12)21-10-11-5-3-2-4-6-11/h2-6,8,12H,7,9-10H2,1H3/t12-/m1/s1. The Bertz CT molecular complexity index is 585. The first-order chi connectivity index (χ1) is 10.2. The highest BCUT2D eigenvalue weighted by Crippen LogP contribution is 2.29. The van der Waals surface area contributed by atoms with E-state index in [0.29, 0.717) is 25.3 Å². The third kappa shape index (κ3) is 2.50. The van der Waals surface area contributed by atoms with Crippen molar-refractivity contribution >= 4 is 12.0 Å². The molecular formula is C15H16N2O4. The molecule has 1 fully saturated rings. The molecule has 0 saturated carbocycles. The van der Waals surface area contributed by atoms with Crippen molar-refractivity contribution in [2.45, 2.75) is 19.1 Å². The lowest BCUT2D eigenvalue weighted by atomic mass is 10.1. The van der Waals surface area contributed by atoms with Crippen molar-refractivity contribution in [3.63, 3.8) is 0 Å². The molecule has 3 rings (SSSR count). The van der Waals surface area contributed by atoms with Gasteiger partial charge >= 0.3 is 12.0 Å². The van der Waals surface area contributed by atoms with Crippen LogP contribution in [0.1, 0.15) is 12.0 Å². The predicted octanol–water partition coefficient (Wildman–Crippen LogP) is 1.68. The van der Waals surface area contributed by atoms with E-state index in [1.165, 1.54) is 17.1 Å². The number of hydrogen-bond donors (Lipinski definition) is 0. The normalized spacial score (nSPS) is 20.5. The Morgan fingerprint density at radius 3 is 2.81 bits per heavy atom. The van der Waals surface area contributed by atoms with Crippen LogP contribution < -0.4 is 0 Å². The molecule has 2 amide bonds. The molecule has 0 radical (unpaired) electrons. The average molecular weight is 288 g/mol. The summed E-state index contributed by atoms with van der Waals surface area (Å²) in [6, 6.07) is 9.26. The van der Waals surface area contributed by atoms with Gasteiger partial charge in [0, 0.05) is 0 Å². The summed E-state index contributed by atoms with van der Waals surface area (Å²) in [4.78, 5) is 31.0. The average Bonchev–Trinajstić information content (AvgIpc) is 2.77. The summed E-state index contributed by atoms with van der Waals surface area (Å²) >= 11 is 0. The molecule has 6 heteroatoms. The van der Waals surface area contributed by atoms with Gasteiger partial charge in [-0.3, -0.25) is 9.74 Å². The maximum Gasteiger partial charge on any atom is 0.354 e. The first-order valence-electron chi connectivity index (χ1n) is 6.76. The van der Waals surface area contributed by atoms with E-state index in [2.05, 4.69) is 0 Å². The van der Waals surface area contributed by atoms with Crippen LogP contribution in [0.5, 0.6) is 0 Å².